The second-order valence-corrected chi connectivity index (χ2v) is 6.09. The monoisotopic (exact) mass is 346 g/mol. The number of rotatable bonds is 7. The molecule has 0 unspecified atom stereocenters. The number of anilines is 1. The Balaban J connectivity index is 2.08. The van der Waals surface area contributed by atoms with Gasteiger partial charge in [-0.25, -0.2) is 0 Å². The molecule has 0 radical (unpaired) electrons. The molecule has 6 nitrogen and oxygen atoms in total. The highest BCUT2D eigenvalue weighted by Crippen LogP contribution is 2.38. The number of aliphatic hydroxyl groups is 1. The number of methoxy groups -OCH3 is 1. The molecule has 1 aromatic carbocycles. The molecule has 0 amide bonds. The van der Waals surface area contributed by atoms with Crippen molar-refractivity contribution in [1.29, 1.82) is 0 Å². The average molecular weight is 346 g/mol. The first-order valence-electron chi connectivity index (χ1n) is 8.80. The van der Waals surface area contributed by atoms with Crippen LogP contribution in [0.3, 0.4) is 0 Å². The molecule has 0 bridgehead atoms. The molecule has 1 fully saturated rings. The minimum absolute atomic E-state index is 0.0395. The van der Waals surface area contributed by atoms with Crippen LogP contribution in [0.25, 0.3) is 10.9 Å². The number of benzene rings is 1. The minimum atomic E-state index is 0.0395. The Morgan fingerprint density at radius 1 is 1.20 bits per heavy atom. The molecule has 2 heterocycles. The highest BCUT2D eigenvalue weighted by molar-refractivity contribution is 5.94. The zero-order chi connectivity index (χ0) is 17.8. The predicted octanol–water partition coefficient (Wildman–Crippen LogP) is 2.62. The molecule has 1 saturated heterocycles. The van der Waals surface area contributed by atoms with E-state index in [1.54, 1.807) is 13.3 Å². The summed E-state index contributed by atoms with van der Waals surface area (Å²) in [5.41, 5.74) is 1.88. The number of nitrogens with zero attached hydrogens (tertiary/aromatic N) is 2. The Morgan fingerprint density at radius 3 is 2.56 bits per heavy atom. The van der Waals surface area contributed by atoms with Crippen LogP contribution in [0.15, 0.2) is 24.4 Å². The summed E-state index contributed by atoms with van der Waals surface area (Å²) in [5, 5.41) is 10.8. The molecule has 2 atom stereocenters. The lowest BCUT2D eigenvalue weighted by molar-refractivity contribution is 0.115. The molecule has 1 aliphatic heterocycles. The summed E-state index contributed by atoms with van der Waals surface area (Å²) in [6, 6.07) is 5.93. The van der Waals surface area contributed by atoms with E-state index < -0.39 is 0 Å². The Morgan fingerprint density at radius 2 is 1.92 bits per heavy atom. The normalized spacial score (nSPS) is 20.2. The van der Waals surface area contributed by atoms with E-state index in [1.165, 1.54) is 0 Å². The zero-order valence-corrected chi connectivity index (χ0v) is 15.1. The first-order chi connectivity index (χ1) is 12.2. The third-order valence-corrected chi connectivity index (χ3v) is 4.61. The van der Waals surface area contributed by atoms with E-state index in [1.807, 2.05) is 32.0 Å². The number of hydrogen-bond donors (Lipinski definition) is 1. The van der Waals surface area contributed by atoms with Crippen LogP contribution in [-0.2, 0) is 4.74 Å². The quantitative estimate of drug-likeness (QED) is 0.831. The van der Waals surface area contributed by atoms with Gasteiger partial charge in [0.2, 0.25) is 0 Å². The van der Waals surface area contributed by atoms with Gasteiger partial charge in [0.1, 0.15) is 0 Å². The first kappa shape index (κ1) is 17.8. The topological polar surface area (TPSA) is 64.1 Å². The fraction of sp³-hybridized carbons (Fsp3) is 0.526. The van der Waals surface area contributed by atoms with Gasteiger partial charge < -0.3 is 24.2 Å². The summed E-state index contributed by atoms with van der Waals surface area (Å²) in [6.07, 6.45) is 2.73. The largest absolute Gasteiger partial charge is 0.490 e. The van der Waals surface area contributed by atoms with Crippen molar-refractivity contribution >= 4 is 16.6 Å². The van der Waals surface area contributed by atoms with E-state index in [2.05, 4.69) is 9.88 Å². The van der Waals surface area contributed by atoms with Crippen molar-refractivity contribution in [2.45, 2.75) is 32.4 Å². The number of pyridine rings is 1. The lowest BCUT2D eigenvalue weighted by atomic mass is 10.1. The van der Waals surface area contributed by atoms with Crippen LogP contribution in [0.4, 0.5) is 5.69 Å². The molecular formula is C19H26N2O4. The van der Waals surface area contributed by atoms with Crippen molar-refractivity contribution in [3.63, 3.8) is 0 Å². The van der Waals surface area contributed by atoms with Crippen LogP contribution < -0.4 is 14.4 Å². The fourth-order valence-electron chi connectivity index (χ4n) is 3.44. The summed E-state index contributed by atoms with van der Waals surface area (Å²) in [4.78, 5) is 6.69. The average Bonchev–Trinajstić information content (AvgIpc) is 3.05. The van der Waals surface area contributed by atoms with Crippen molar-refractivity contribution in [1.82, 2.24) is 4.98 Å². The standard InChI is InChI=1S/C19H26N2O4/c1-4-24-18-9-15-16(10-19(18)25-5-2)20-7-6-17(15)21-11-14(23-3)8-13(21)12-22/h6-7,9-10,13-14,22H,4-5,8,11-12H2,1-3H3/t13-,14+/m0/s1. The highest BCUT2D eigenvalue weighted by Gasteiger charge is 2.32. The van der Waals surface area contributed by atoms with E-state index in [4.69, 9.17) is 14.2 Å². The van der Waals surface area contributed by atoms with E-state index >= 15 is 0 Å². The summed E-state index contributed by atoms with van der Waals surface area (Å²) >= 11 is 0. The Hall–Kier alpha value is -2.05. The summed E-state index contributed by atoms with van der Waals surface area (Å²) < 4.78 is 17.0. The van der Waals surface area contributed by atoms with Gasteiger partial charge in [-0.2, -0.15) is 0 Å². The third kappa shape index (κ3) is 3.50. The number of ether oxygens (including phenoxy) is 3. The molecule has 1 N–H and O–H groups in total. The Labute approximate surface area is 148 Å². The first-order valence-corrected chi connectivity index (χ1v) is 8.80. The molecule has 0 aliphatic carbocycles. The molecule has 6 heteroatoms. The van der Waals surface area contributed by atoms with Gasteiger partial charge in [0, 0.05) is 37.0 Å². The fourth-order valence-corrected chi connectivity index (χ4v) is 3.44. The van der Waals surface area contributed by atoms with Gasteiger partial charge in [-0.3, -0.25) is 4.98 Å². The Kier molecular flexibility index (Phi) is 5.60. The number of hydrogen-bond acceptors (Lipinski definition) is 6. The smallest absolute Gasteiger partial charge is 0.163 e. The molecule has 1 aliphatic rings. The van der Waals surface area contributed by atoms with Crippen LogP contribution in [0.2, 0.25) is 0 Å². The number of aliphatic hydroxyl groups excluding tert-OH is 1. The van der Waals surface area contributed by atoms with Crippen LogP contribution in [0, 0.1) is 0 Å². The number of aromatic nitrogens is 1. The van der Waals surface area contributed by atoms with Gasteiger partial charge in [0.15, 0.2) is 11.5 Å². The summed E-state index contributed by atoms with van der Waals surface area (Å²) in [6.45, 7) is 5.88. The van der Waals surface area contributed by atoms with Crippen molar-refractivity contribution in [2.75, 3.05) is 38.4 Å². The number of fused-ring (bicyclic) bond motifs is 1. The third-order valence-electron chi connectivity index (χ3n) is 4.61. The van der Waals surface area contributed by atoms with Gasteiger partial charge in [-0.1, -0.05) is 0 Å². The molecule has 1 aromatic heterocycles. The zero-order valence-electron chi connectivity index (χ0n) is 15.1. The van der Waals surface area contributed by atoms with E-state index in [9.17, 15) is 5.11 Å². The second-order valence-electron chi connectivity index (χ2n) is 6.09. The predicted molar refractivity (Wildman–Crippen MR) is 97.7 cm³/mol. The van der Waals surface area contributed by atoms with Crippen molar-refractivity contribution in [3.05, 3.63) is 24.4 Å². The molecule has 136 valence electrons. The van der Waals surface area contributed by atoms with Crippen molar-refractivity contribution < 1.29 is 19.3 Å². The van der Waals surface area contributed by atoms with Gasteiger partial charge in [0.05, 0.1) is 37.5 Å². The lowest BCUT2D eigenvalue weighted by Gasteiger charge is -2.26. The van der Waals surface area contributed by atoms with Crippen molar-refractivity contribution in [3.8, 4) is 11.5 Å². The maximum Gasteiger partial charge on any atom is 0.163 e. The molecule has 25 heavy (non-hydrogen) atoms. The van der Waals surface area contributed by atoms with Gasteiger partial charge in [-0.15, -0.1) is 0 Å². The van der Waals surface area contributed by atoms with E-state index in [-0.39, 0.29) is 18.8 Å². The molecule has 2 aromatic rings. The van der Waals surface area contributed by atoms with E-state index in [0.29, 0.717) is 24.7 Å². The molecule has 0 spiro atoms. The lowest BCUT2D eigenvalue weighted by Crippen LogP contribution is -2.32. The SMILES string of the molecule is CCOc1cc2nccc(N3C[C@H](OC)C[C@H]3CO)c2cc1OCC. The summed E-state index contributed by atoms with van der Waals surface area (Å²) in [7, 11) is 1.72. The van der Waals surface area contributed by atoms with Gasteiger partial charge >= 0.3 is 0 Å². The molecule has 0 saturated carbocycles. The highest BCUT2D eigenvalue weighted by atomic mass is 16.5. The van der Waals surface area contributed by atoms with Crippen LogP contribution in [0.5, 0.6) is 11.5 Å². The maximum atomic E-state index is 9.78. The van der Waals surface area contributed by atoms with Gasteiger partial charge in [-0.05, 0) is 32.4 Å². The van der Waals surface area contributed by atoms with Crippen LogP contribution in [0.1, 0.15) is 20.3 Å². The second kappa shape index (κ2) is 7.89. The van der Waals surface area contributed by atoms with Crippen LogP contribution >= 0.6 is 0 Å². The molecule has 3 rings (SSSR count). The van der Waals surface area contributed by atoms with Crippen LogP contribution in [-0.4, -0.2) is 55.7 Å². The van der Waals surface area contributed by atoms with Crippen molar-refractivity contribution in [2.24, 2.45) is 0 Å². The summed E-state index contributed by atoms with van der Waals surface area (Å²) in [5.74, 6) is 1.42. The Bertz CT molecular complexity index is 722. The maximum absolute atomic E-state index is 9.78. The van der Waals surface area contributed by atoms with Gasteiger partial charge in [0.25, 0.3) is 0 Å². The molecular weight excluding hydrogens is 320 g/mol. The van der Waals surface area contributed by atoms with E-state index in [0.717, 1.165) is 29.6 Å². The minimum Gasteiger partial charge on any atom is -0.490 e.